The number of sulfonamides is 1. The lowest BCUT2D eigenvalue weighted by Gasteiger charge is -2.19. The number of hydrogen-bond acceptors (Lipinski definition) is 4. The molecule has 1 amide bonds. The third kappa shape index (κ3) is 4.44. The lowest BCUT2D eigenvalue weighted by molar-refractivity contribution is 0.0785. The monoisotopic (exact) mass is 440 g/mol. The molecule has 0 bridgehead atoms. The van der Waals surface area contributed by atoms with Gasteiger partial charge in [0.05, 0.1) is 7.11 Å². The first-order valence-corrected chi connectivity index (χ1v) is 10.0. The largest absolute Gasteiger partial charge is 0.495 e. The molecule has 140 valence electrons. The van der Waals surface area contributed by atoms with Crippen molar-refractivity contribution in [1.82, 2.24) is 9.21 Å². The van der Waals surface area contributed by atoms with Crippen LogP contribution in [0.15, 0.2) is 51.8 Å². The van der Waals surface area contributed by atoms with E-state index in [1.54, 1.807) is 13.1 Å². The van der Waals surface area contributed by atoms with Crippen LogP contribution in [0.2, 0.25) is 0 Å². The van der Waals surface area contributed by atoms with Crippen LogP contribution in [0.1, 0.15) is 15.9 Å². The van der Waals surface area contributed by atoms with E-state index in [0.717, 1.165) is 14.3 Å². The van der Waals surface area contributed by atoms with Crippen LogP contribution in [0, 0.1) is 0 Å². The minimum atomic E-state index is -3.73. The van der Waals surface area contributed by atoms with Gasteiger partial charge in [0, 0.05) is 37.7 Å². The zero-order valence-corrected chi connectivity index (χ0v) is 17.5. The highest BCUT2D eigenvalue weighted by atomic mass is 79.9. The van der Waals surface area contributed by atoms with Gasteiger partial charge in [-0.1, -0.05) is 28.1 Å². The number of ether oxygens (including phenoxy) is 1. The second-order valence-electron chi connectivity index (χ2n) is 5.94. The number of carbonyl (C=O) groups is 1. The number of nitrogens with zero attached hydrogens (tertiary/aromatic N) is 2. The maximum absolute atomic E-state index is 12.7. The second-order valence-corrected chi connectivity index (χ2v) is 8.98. The van der Waals surface area contributed by atoms with Crippen molar-refractivity contribution in [1.29, 1.82) is 0 Å². The minimum absolute atomic E-state index is 0.0344. The molecule has 0 heterocycles. The molecule has 0 atom stereocenters. The maximum atomic E-state index is 12.7. The van der Waals surface area contributed by atoms with E-state index in [0.29, 0.717) is 6.54 Å². The van der Waals surface area contributed by atoms with Crippen molar-refractivity contribution in [3.63, 3.8) is 0 Å². The van der Waals surface area contributed by atoms with Crippen LogP contribution in [0.4, 0.5) is 0 Å². The number of amides is 1. The van der Waals surface area contributed by atoms with Crippen molar-refractivity contribution >= 4 is 31.9 Å². The molecule has 0 saturated carbocycles. The molecule has 2 rings (SSSR count). The van der Waals surface area contributed by atoms with E-state index in [4.69, 9.17) is 4.74 Å². The van der Waals surface area contributed by atoms with E-state index >= 15 is 0 Å². The molecular formula is C18H21BrN2O4S. The highest BCUT2D eigenvalue weighted by Gasteiger charge is 2.24. The third-order valence-electron chi connectivity index (χ3n) is 3.85. The van der Waals surface area contributed by atoms with Crippen LogP contribution in [0.5, 0.6) is 5.75 Å². The number of hydrogen-bond donors (Lipinski definition) is 0. The molecule has 0 aromatic heterocycles. The van der Waals surface area contributed by atoms with Crippen LogP contribution in [0.25, 0.3) is 0 Å². The standard InChI is InChI=1S/C18H21BrN2O4S/c1-20(2)26(23,24)17-11-14(7-10-16(17)25-4)18(22)21(3)12-13-5-8-15(19)9-6-13/h5-11H,12H2,1-4H3. The molecule has 0 spiro atoms. The highest BCUT2D eigenvalue weighted by molar-refractivity contribution is 9.10. The fourth-order valence-corrected chi connectivity index (χ4v) is 3.70. The van der Waals surface area contributed by atoms with Crippen LogP contribution in [0.3, 0.4) is 0 Å². The Balaban J connectivity index is 2.32. The number of rotatable bonds is 6. The molecule has 8 heteroatoms. The average molecular weight is 441 g/mol. The lowest BCUT2D eigenvalue weighted by Crippen LogP contribution is -2.27. The van der Waals surface area contributed by atoms with Gasteiger partial charge in [-0.2, -0.15) is 0 Å². The molecule has 26 heavy (non-hydrogen) atoms. The van der Waals surface area contributed by atoms with Gasteiger partial charge in [-0.15, -0.1) is 0 Å². The van der Waals surface area contributed by atoms with Gasteiger partial charge in [-0.25, -0.2) is 12.7 Å². The summed E-state index contributed by atoms with van der Waals surface area (Å²) in [7, 11) is 2.20. The summed E-state index contributed by atoms with van der Waals surface area (Å²) in [5.74, 6) is -0.0726. The molecule has 2 aromatic carbocycles. The molecule has 0 saturated heterocycles. The quantitative estimate of drug-likeness (QED) is 0.692. The summed E-state index contributed by atoms with van der Waals surface area (Å²) < 4.78 is 32.2. The number of methoxy groups -OCH3 is 1. The van der Waals surface area contributed by atoms with E-state index in [2.05, 4.69) is 15.9 Å². The molecule has 0 aliphatic heterocycles. The van der Waals surface area contributed by atoms with E-state index in [9.17, 15) is 13.2 Å². The molecule has 0 aliphatic rings. The molecule has 0 fully saturated rings. The van der Waals surface area contributed by atoms with E-state index < -0.39 is 10.0 Å². The van der Waals surface area contributed by atoms with E-state index in [-0.39, 0.29) is 22.1 Å². The summed E-state index contributed by atoms with van der Waals surface area (Å²) in [6, 6.07) is 12.1. The fourth-order valence-electron chi connectivity index (χ4n) is 2.36. The Morgan fingerprint density at radius 3 is 2.23 bits per heavy atom. The van der Waals surface area contributed by atoms with E-state index in [1.807, 2.05) is 24.3 Å². The normalized spacial score (nSPS) is 11.5. The van der Waals surface area contributed by atoms with Crippen molar-refractivity contribution < 1.29 is 17.9 Å². The summed E-state index contributed by atoms with van der Waals surface area (Å²) in [5.41, 5.74) is 1.25. The Labute approximate surface area is 162 Å². The Morgan fingerprint density at radius 2 is 1.69 bits per heavy atom. The topological polar surface area (TPSA) is 66.9 Å². The zero-order chi connectivity index (χ0) is 19.5. The van der Waals surface area contributed by atoms with Crippen molar-refractivity contribution in [2.24, 2.45) is 0 Å². The Kier molecular flexibility index (Phi) is 6.44. The van der Waals surface area contributed by atoms with Crippen molar-refractivity contribution in [2.45, 2.75) is 11.4 Å². The molecule has 0 aliphatic carbocycles. The molecule has 2 aromatic rings. The average Bonchev–Trinajstić information content (AvgIpc) is 2.62. The van der Waals surface area contributed by atoms with Gasteiger partial charge in [-0.3, -0.25) is 4.79 Å². The van der Waals surface area contributed by atoms with Crippen LogP contribution >= 0.6 is 15.9 Å². The lowest BCUT2D eigenvalue weighted by atomic mass is 10.1. The summed E-state index contributed by atoms with van der Waals surface area (Å²) in [6.45, 7) is 0.411. The summed E-state index contributed by atoms with van der Waals surface area (Å²) in [6.07, 6.45) is 0. The Hall–Kier alpha value is -1.90. The first-order chi connectivity index (χ1) is 12.2. The SMILES string of the molecule is COc1ccc(C(=O)N(C)Cc2ccc(Br)cc2)cc1S(=O)(=O)N(C)C. The van der Waals surface area contributed by atoms with Gasteiger partial charge in [0.2, 0.25) is 10.0 Å². The molecular weight excluding hydrogens is 420 g/mol. The number of carbonyl (C=O) groups excluding carboxylic acids is 1. The predicted octanol–water partition coefficient (Wildman–Crippen LogP) is 2.98. The highest BCUT2D eigenvalue weighted by Crippen LogP contribution is 2.27. The van der Waals surface area contributed by atoms with Crippen LogP contribution in [-0.4, -0.2) is 51.8 Å². The molecule has 6 nitrogen and oxygen atoms in total. The van der Waals surface area contributed by atoms with Crippen molar-refractivity contribution in [3.05, 3.63) is 58.1 Å². The Bertz CT molecular complexity index is 896. The summed E-state index contributed by atoms with van der Waals surface area (Å²) >= 11 is 3.38. The summed E-state index contributed by atoms with van der Waals surface area (Å²) in [4.78, 5) is 14.2. The first-order valence-electron chi connectivity index (χ1n) is 7.77. The fraction of sp³-hybridized carbons (Fsp3) is 0.278. The minimum Gasteiger partial charge on any atom is -0.495 e. The second kappa shape index (κ2) is 8.20. The Morgan fingerprint density at radius 1 is 1.08 bits per heavy atom. The van der Waals surface area contributed by atoms with Crippen molar-refractivity contribution in [2.75, 3.05) is 28.3 Å². The number of benzene rings is 2. The molecule has 0 N–H and O–H groups in total. The van der Waals surface area contributed by atoms with Gasteiger partial charge >= 0.3 is 0 Å². The molecule has 0 unspecified atom stereocenters. The smallest absolute Gasteiger partial charge is 0.253 e. The van der Waals surface area contributed by atoms with Gasteiger partial charge in [0.25, 0.3) is 5.91 Å². The van der Waals surface area contributed by atoms with Gasteiger partial charge in [-0.05, 0) is 35.9 Å². The summed E-state index contributed by atoms with van der Waals surface area (Å²) in [5, 5.41) is 0. The molecule has 0 radical (unpaired) electrons. The van der Waals surface area contributed by atoms with Crippen LogP contribution in [-0.2, 0) is 16.6 Å². The van der Waals surface area contributed by atoms with Crippen molar-refractivity contribution in [3.8, 4) is 5.75 Å². The van der Waals surface area contributed by atoms with Crippen LogP contribution < -0.4 is 4.74 Å². The maximum Gasteiger partial charge on any atom is 0.253 e. The van der Waals surface area contributed by atoms with E-state index in [1.165, 1.54) is 38.2 Å². The third-order valence-corrected chi connectivity index (χ3v) is 6.21. The predicted molar refractivity (Wildman–Crippen MR) is 104 cm³/mol. The van der Waals surface area contributed by atoms with Gasteiger partial charge < -0.3 is 9.64 Å². The first kappa shape index (κ1) is 20.4. The zero-order valence-electron chi connectivity index (χ0n) is 15.1. The van der Waals surface area contributed by atoms with Gasteiger partial charge in [0.15, 0.2) is 0 Å². The van der Waals surface area contributed by atoms with Gasteiger partial charge in [0.1, 0.15) is 10.6 Å². The number of halogens is 1.